The first-order chi connectivity index (χ1) is 8.04. The van der Waals surface area contributed by atoms with Gasteiger partial charge in [0, 0.05) is 0 Å². The highest BCUT2D eigenvalue weighted by Gasteiger charge is 2.12. The largest absolute Gasteiger partial charge is 0.489 e. The molecule has 18 heavy (non-hydrogen) atoms. The van der Waals surface area contributed by atoms with E-state index in [0.29, 0.717) is 17.9 Å². The van der Waals surface area contributed by atoms with Gasteiger partial charge in [-0.05, 0) is 39.0 Å². The fraction of sp³-hybridized carbons (Fsp3) is 0.400. The number of benzene rings is 1. The normalized spacial score (nSPS) is 9.11. The zero-order valence-corrected chi connectivity index (χ0v) is 10.7. The van der Waals surface area contributed by atoms with E-state index < -0.39 is 0 Å². The van der Waals surface area contributed by atoms with Gasteiger partial charge in [0.05, 0.1) is 7.11 Å². The lowest BCUT2D eigenvalue weighted by Gasteiger charge is -2.09. The van der Waals surface area contributed by atoms with Gasteiger partial charge in [0.2, 0.25) is 0 Å². The molecule has 100 valence electrons. The summed E-state index contributed by atoms with van der Waals surface area (Å²) in [6.45, 7) is 6.38. The second-order valence-electron chi connectivity index (χ2n) is 4.08. The van der Waals surface area contributed by atoms with Crippen LogP contribution in [0.25, 0.3) is 0 Å². The maximum Gasteiger partial charge on any atom is 0.341 e. The van der Waals surface area contributed by atoms with Crippen molar-refractivity contribution in [1.82, 2.24) is 0 Å². The standard InChI is InChI=1S/C14H18O3.CH4/c1-10(2)7-8-17-13-6-5-11(3)9-12(13)14(15)16-4;/h5-7,9H,8H2,1-4H3;1H4. The molecule has 0 aromatic heterocycles. The van der Waals surface area contributed by atoms with Crippen LogP contribution in [0.3, 0.4) is 0 Å². The van der Waals surface area contributed by atoms with Crippen LogP contribution in [0.15, 0.2) is 29.8 Å². The monoisotopic (exact) mass is 250 g/mol. The highest BCUT2D eigenvalue weighted by atomic mass is 16.5. The Morgan fingerprint density at radius 1 is 1.33 bits per heavy atom. The average molecular weight is 250 g/mol. The van der Waals surface area contributed by atoms with Crippen LogP contribution >= 0.6 is 0 Å². The molecule has 3 heteroatoms. The molecule has 1 aromatic rings. The fourth-order valence-corrected chi connectivity index (χ4v) is 1.34. The van der Waals surface area contributed by atoms with E-state index in [2.05, 4.69) is 0 Å². The number of rotatable bonds is 4. The molecule has 0 saturated carbocycles. The van der Waals surface area contributed by atoms with Gasteiger partial charge < -0.3 is 9.47 Å². The van der Waals surface area contributed by atoms with Gasteiger partial charge >= 0.3 is 5.97 Å². The minimum atomic E-state index is -0.374. The van der Waals surface area contributed by atoms with Crippen LogP contribution in [0.2, 0.25) is 0 Å². The van der Waals surface area contributed by atoms with Crippen LogP contribution in [0.5, 0.6) is 5.75 Å². The summed E-state index contributed by atoms with van der Waals surface area (Å²) in [4.78, 5) is 11.6. The minimum absolute atomic E-state index is 0. The molecule has 0 atom stereocenters. The number of esters is 1. The Morgan fingerprint density at radius 3 is 2.56 bits per heavy atom. The number of methoxy groups -OCH3 is 1. The summed E-state index contributed by atoms with van der Waals surface area (Å²) in [6.07, 6.45) is 1.96. The van der Waals surface area contributed by atoms with E-state index in [0.717, 1.165) is 5.56 Å². The molecular formula is C15H22O3. The van der Waals surface area contributed by atoms with Gasteiger partial charge in [-0.25, -0.2) is 4.79 Å². The number of ether oxygens (including phenoxy) is 2. The summed E-state index contributed by atoms with van der Waals surface area (Å²) in [5.41, 5.74) is 2.64. The summed E-state index contributed by atoms with van der Waals surface area (Å²) in [5.74, 6) is 0.181. The average Bonchev–Trinajstić information content (AvgIpc) is 2.29. The highest BCUT2D eigenvalue weighted by molar-refractivity contribution is 5.92. The molecule has 0 aliphatic carbocycles. The summed E-state index contributed by atoms with van der Waals surface area (Å²) in [5, 5.41) is 0. The van der Waals surface area contributed by atoms with Crippen molar-refractivity contribution in [2.45, 2.75) is 28.2 Å². The Kier molecular flexibility index (Phi) is 6.79. The van der Waals surface area contributed by atoms with Gasteiger partial charge in [-0.15, -0.1) is 0 Å². The van der Waals surface area contributed by atoms with Crippen molar-refractivity contribution in [3.63, 3.8) is 0 Å². The third-order valence-corrected chi connectivity index (χ3v) is 2.27. The van der Waals surface area contributed by atoms with Crippen molar-refractivity contribution < 1.29 is 14.3 Å². The molecule has 0 aliphatic rings. The van der Waals surface area contributed by atoms with Crippen LogP contribution in [0.4, 0.5) is 0 Å². The SMILES string of the molecule is C.COC(=O)c1cc(C)ccc1OCC=C(C)C. The third-order valence-electron chi connectivity index (χ3n) is 2.27. The predicted octanol–water partition coefficient (Wildman–Crippen LogP) is 3.76. The Bertz CT molecular complexity index is 429. The molecule has 0 unspecified atom stereocenters. The lowest BCUT2D eigenvalue weighted by molar-refractivity contribution is 0.0596. The zero-order chi connectivity index (χ0) is 12.8. The molecule has 1 aromatic carbocycles. The van der Waals surface area contributed by atoms with Crippen LogP contribution < -0.4 is 4.74 Å². The van der Waals surface area contributed by atoms with Crippen molar-refractivity contribution in [3.8, 4) is 5.75 Å². The van der Waals surface area contributed by atoms with Gasteiger partial charge in [-0.1, -0.05) is 24.6 Å². The molecule has 0 spiro atoms. The van der Waals surface area contributed by atoms with Crippen molar-refractivity contribution in [2.75, 3.05) is 13.7 Å². The number of allylic oxidation sites excluding steroid dienone is 1. The van der Waals surface area contributed by atoms with E-state index in [1.165, 1.54) is 12.7 Å². The lowest BCUT2D eigenvalue weighted by Crippen LogP contribution is -2.06. The van der Waals surface area contributed by atoms with Crippen LogP contribution in [-0.4, -0.2) is 19.7 Å². The molecule has 1 rings (SSSR count). The summed E-state index contributed by atoms with van der Waals surface area (Å²) < 4.78 is 10.3. The molecule has 3 nitrogen and oxygen atoms in total. The first-order valence-electron chi connectivity index (χ1n) is 5.49. The zero-order valence-electron chi connectivity index (χ0n) is 10.7. The molecule has 0 bridgehead atoms. The lowest BCUT2D eigenvalue weighted by atomic mass is 10.1. The van der Waals surface area contributed by atoms with E-state index >= 15 is 0 Å². The maximum atomic E-state index is 11.6. The Balaban J connectivity index is 0.00000289. The quantitative estimate of drug-likeness (QED) is 0.603. The van der Waals surface area contributed by atoms with Gasteiger partial charge in [0.15, 0.2) is 0 Å². The molecule has 0 amide bonds. The molecule has 0 fully saturated rings. The molecular weight excluding hydrogens is 228 g/mol. The number of carbonyl (C=O) groups excluding carboxylic acids is 1. The summed E-state index contributed by atoms with van der Waals surface area (Å²) in [7, 11) is 1.37. The number of hydrogen-bond acceptors (Lipinski definition) is 3. The fourth-order valence-electron chi connectivity index (χ4n) is 1.34. The van der Waals surface area contributed by atoms with E-state index in [1.54, 1.807) is 12.1 Å². The van der Waals surface area contributed by atoms with E-state index in [9.17, 15) is 4.79 Å². The summed E-state index contributed by atoms with van der Waals surface area (Å²) >= 11 is 0. The van der Waals surface area contributed by atoms with Crippen LogP contribution in [-0.2, 0) is 4.74 Å². The van der Waals surface area contributed by atoms with E-state index in [1.807, 2.05) is 32.9 Å². The van der Waals surface area contributed by atoms with Crippen molar-refractivity contribution in [1.29, 1.82) is 0 Å². The number of carbonyl (C=O) groups is 1. The predicted molar refractivity (Wildman–Crippen MR) is 74.2 cm³/mol. The van der Waals surface area contributed by atoms with Gasteiger partial charge in [0.25, 0.3) is 0 Å². The molecule has 0 N–H and O–H groups in total. The smallest absolute Gasteiger partial charge is 0.341 e. The maximum absolute atomic E-state index is 11.6. The Labute approximate surface area is 109 Å². The van der Waals surface area contributed by atoms with Crippen LogP contribution in [0.1, 0.15) is 37.2 Å². The minimum Gasteiger partial charge on any atom is -0.489 e. The number of hydrogen-bond donors (Lipinski definition) is 0. The highest BCUT2D eigenvalue weighted by Crippen LogP contribution is 2.21. The molecule has 0 radical (unpaired) electrons. The van der Waals surface area contributed by atoms with Crippen molar-refractivity contribution in [3.05, 3.63) is 41.0 Å². The van der Waals surface area contributed by atoms with E-state index in [-0.39, 0.29) is 13.4 Å². The third kappa shape index (κ3) is 4.62. The first-order valence-corrected chi connectivity index (χ1v) is 5.49. The molecule has 0 aliphatic heterocycles. The number of aryl methyl sites for hydroxylation is 1. The Morgan fingerprint density at radius 2 is 2.00 bits per heavy atom. The molecule has 0 heterocycles. The summed E-state index contributed by atoms with van der Waals surface area (Å²) in [6, 6.07) is 5.47. The van der Waals surface area contributed by atoms with E-state index in [4.69, 9.17) is 9.47 Å². The first kappa shape index (κ1) is 16.2. The van der Waals surface area contributed by atoms with Gasteiger partial charge in [0.1, 0.15) is 17.9 Å². The topological polar surface area (TPSA) is 35.5 Å². The second-order valence-corrected chi connectivity index (χ2v) is 4.08. The van der Waals surface area contributed by atoms with Crippen molar-refractivity contribution in [2.24, 2.45) is 0 Å². The van der Waals surface area contributed by atoms with Crippen molar-refractivity contribution >= 4 is 5.97 Å². The van der Waals surface area contributed by atoms with Gasteiger partial charge in [-0.3, -0.25) is 0 Å². The van der Waals surface area contributed by atoms with Gasteiger partial charge in [-0.2, -0.15) is 0 Å². The molecule has 0 saturated heterocycles. The second kappa shape index (κ2) is 7.54. The van der Waals surface area contributed by atoms with Crippen LogP contribution in [0, 0.1) is 6.92 Å². The Hall–Kier alpha value is -1.77.